The van der Waals surface area contributed by atoms with E-state index in [9.17, 15) is 9.59 Å². The molecule has 0 atom stereocenters. The fourth-order valence-electron chi connectivity index (χ4n) is 3.23. The molecule has 1 N–H and O–H groups in total. The molecule has 2 heterocycles. The number of nitrogens with one attached hydrogen (secondary N) is 1. The number of carbonyl (C=O) groups is 2. The Bertz CT molecular complexity index is 1130. The van der Waals surface area contributed by atoms with Crippen LogP contribution in [0, 0.1) is 0 Å². The van der Waals surface area contributed by atoms with Crippen molar-refractivity contribution in [3.05, 3.63) is 84.2 Å². The van der Waals surface area contributed by atoms with E-state index in [1.165, 1.54) is 4.90 Å². The molecule has 2 amide bonds. The highest BCUT2D eigenvalue weighted by Crippen LogP contribution is 2.25. The molecule has 1 aliphatic rings. The second kappa shape index (κ2) is 8.34. The number of hydrogen-bond donors (Lipinski definition) is 1. The van der Waals surface area contributed by atoms with Crippen molar-refractivity contribution in [1.82, 2.24) is 9.88 Å². The van der Waals surface area contributed by atoms with E-state index in [-0.39, 0.29) is 10.7 Å². The van der Waals surface area contributed by atoms with Crippen molar-refractivity contribution < 1.29 is 14.3 Å². The average Bonchev–Trinajstić information content (AvgIpc) is 3.21. The van der Waals surface area contributed by atoms with Gasteiger partial charge in [-0.25, -0.2) is 0 Å². The maximum atomic E-state index is 13.2. The van der Waals surface area contributed by atoms with E-state index in [4.69, 9.17) is 17.0 Å². The summed E-state index contributed by atoms with van der Waals surface area (Å²) in [5.41, 5.74) is 2.20. The van der Waals surface area contributed by atoms with E-state index in [1.54, 1.807) is 30.3 Å². The summed E-state index contributed by atoms with van der Waals surface area (Å²) >= 11 is 5.26. The lowest BCUT2D eigenvalue weighted by Gasteiger charge is -2.29. The molecular formula is C23H19N3O3S. The number of hydrogen-bond acceptors (Lipinski definition) is 4. The maximum absolute atomic E-state index is 13.2. The van der Waals surface area contributed by atoms with Gasteiger partial charge in [0.1, 0.15) is 11.3 Å². The quantitative estimate of drug-likeness (QED) is 0.391. The SMILES string of the molecule is CCOc1ccc(N2C(=O)/C(=C/c3cccn3-c3ccccc3)C(=O)NC2=S)cc1. The minimum absolute atomic E-state index is 0.00775. The lowest BCUT2D eigenvalue weighted by Crippen LogP contribution is -2.54. The van der Waals surface area contributed by atoms with E-state index in [0.717, 1.165) is 5.69 Å². The van der Waals surface area contributed by atoms with Crippen molar-refractivity contribution >= 4 is 40.9 Å². The Balaban J connectivity index is 1.69. The maximum Gasteiger partial charge on any atom is 0.270 e. The Morgan fingerprint density at radius 1 is 0.967 bits per heavy atom. The number of amides is 2. The van der Waals surface area contributed by atoms with E-state index in [0.29, 0.717) is 23.7 Å². The summed E-state index contributed by atoms with van der Waals surface area (Å²) in [6, 6.07) is 20.4. The summed E-state index contributed by atoms with van der Waals surface area (Å²) < 4.78 is 7.35. The van der Waals surface area contributed by atoms with Crippen LogP contribution in [0.15, 0.2) is 78.5 Å². The molecule has 1 saturated heterocycles. The Labute approximate surface area is 179 Å². The van der Waals surface area contributed by atoms with Crippen molar-refractivity contribution in [3.63, 3.8) is 0 Å². The molecule has 3 aromatic rings. The lowest BCUT2D eigenvalue weighted by molar-refractivity contribution is -0.122. The van der Waals surface area contributed by atoms with Gasteiger partial charge in [-0.05, 0) is 73.7 Å². The molecule has 0 aliphatic carbocycles. The summed E-state index contributed by atoms with van der Waals surface area (Å²) in [4.78, 5) is 27.1. The molecule has 1 aromatic heterocycles. The van der Waals surface area contributed by atoms with Crippen LogP contribution in [0.4, 0.5) is 5.69 Å². The van der Waals surface area contributed by atoms with Crippen LogP contribution in [0.5, 0.6) is 5.75 Å². The second-order valence-electron chi connectivity index (χ2n) is 6.52. The molecule has 150 valence electrons. The molecule has 1 fully saturated rings. The second-order valence-corrected chi connectivity index (χ2v) is 6.91. The molecule has 2 aromatic carbocycles. The predicted molar refractivity (Wildman–Crippen MR) is 120 cm³/mol. The van der Waals surface area contributed by atoms with Crippen molar-refractivity contribution in [2.75, 3.05) is 11.5 Å². The first-order valence-electron chi connectivity index (χ1n) is 9.45. The van der Waals surface area contributed by atoms with Crippen LogP contribution in [0.1, 0.15) is 12.6 Å². The average molecular weight is 417 g/mol. The largest absolute Gasteiger partial charge is 0.494 e. The molecule has 0 unspecified atom stereocenters. The zero-order valence-corrected chi connectivity index (χ0v) is 17.1. The fraction of sp³-hybridized carbons (Fsp3) is 0.0870. The smallest absolute Gasteiger partial charge is 0.270 e. The summed E-state index contributed by atoms with van der Waals surface area (Å²) in [5, 5.41) is 2.65. The Kier molecular flexibility index (Phi) is 5.45. The van der Waals surface area contributed by atoms with Crippen molar-refractivity contribution in [3.8, 4) is 11.4 Å². The number of rotatable bonds is 5. The number of anilines is 1. The van der Waals surface area contributed by atoms with Crippen LogP contribution in [-0.2, 0) is 9.59 Å². The van der Waals surface area contributed by atoms with Crippen LogP contribution in [0.25, 0.3) is 11.8 Å². The first kappa shape index (κ1) is 19.6. The zero-order valence-electron chi connectivity index (χ0n) is 16.2. The topological polar surface area (TPSA) is 63.6 Å². The molecular weight excluding hydrogens is 398 g/mol. The van der Waals surface area contributed by atoms with E-state index < -0.39 is 11.8 Å². The van der Waals surface area contributed by atoms with Crippen LogP contribution in [-0.4, -0.2) is 28.1 Å². The summed E-state index contributed by atoms with van der Waals surface area (Å²) in [6.07, 6.45) is 3.45. The number of ether oxygens (including phenoxy) is 1. The summed E-state index contributed by atoms with van der Waals surface area (Å²) in [7, 11) is 0. The predicted octanol–water partition coefficient (Wildman–Crippen LogP) is 3.71. The van der Waals surface area contributed by atoms with Crippen LogP contribution >= 0.6 is 12.2 Å². The zero-order chi connectivity index (χ0) is 21.1. The Morgan fingerprint density at radius 3 is 2.40 bits per heavy atom. The van der Waals surface area contributed by atoms with Crippen molar-refractivity contribution in [2.45, 2.75) is 6.92 Å². The standard InChI is InChI=1S/C23H19N3O3S/c1-2-29-19-12-10-17(11-13-19)26-22(28)20(21(27)24-23(26)30)15-18-9-6-14-25(18)16-7-4-3-5-8-16/h3-15H,2H2,1H3,(H,24,27,30)/b20-15+. The fourth-order valence-corrected chi connectivity index (χ4v) is 3.51. The highest BCUT2D eigenvalue weighted by atomic mass is 32.1. The van der Waals surface area contributed by atoms with Gasteiger partial charge in [0.05, 0.1) is 12.3 Å². The Hall–Kier alpha value is -3.71. The van der Waals surface area contributed by atoms with Gasteiger partial charge >= 0.3 is 0 Å². The van der Waals surface area contributed by atoms with E-state index in [2.05, 4.69) is 5.32 Å². The number of aromatic nitrogens is 1. The van der Waals surface area contributed by atoms with Gasteiger partial charge in [-0.2, -0.15) is 0 Å². The molecule has 30 heavy (non-hydrogen) atoms. The van der Waals surface area contributed by atoms with E-state index in [1.807, 2.05) is 60.2 Å². The summed E-state index contributed by atoms with van der Waals surface area (Å²) in [5.74, 6) is -0.307. The van der Waals surface area contributed by atoms with Gasteiger partial charge in [0.15, 0.2) is 5.11 Å². The van der Waals surface area contributed by atoms with Gasteiger partial charge in [0.2, 0.25) is 0 Å². The van der Waals surface area contributed by atoms with Gasteiger partial charge in [-0.1, -0.05) is 18.2 Å². The van der Waals surface area contributed by atoms with Crippen LogP contribution < -0.4 is 15.0 Å². The van der Waals surface area contributed by atoms with Gasteiger partial charge < -0.3 is 9.30 Å². The molecule has 0 spiro atoms. The lowest BCUT2D eigenvalue weighted by atomic mass is 10.1. The van der Waals surface area contributed by atoms with Gasteiger partial charge in [0.25, 0.3) is 11.8 Å². The molecule has 0 radical (unpaired) electrons. The van der Waals surface area contributed by atoms with Crippen LogP contribution in [0.3, 0.4) is 0 Å². The number of thiocarbonyl (C=S) groups is 1. The van der Waals surface area contributed by atoms with Crippen molar-refractivity contribution in [2.24, 2.45) is 0 Å². The molecule has 7 heteroatoms. The molecule has 6 nitrogen and oxygen atoms in total. The van der Waals surface area contributed by atoms with Gasteiger partial charge in [0, 0.05) is 17.6 Å². The first-order chi connectivity index (χ1) is 14.6. The minimum atomic E-state index is -0.520. The molecule has 4 rings (SSSR count). The monoisotopic (exact) mass is 417 g/mol. The molecule has 0 saturated carbocycles. The number of nitrogens with zero attached hydrogens (tertiary/aromatic N) is 2. The van der Waals surface area contributed by atoms with E-state index >= 15 is 0 Å². The number of para-hydroxylation sites is 1. The normalized spacial score (nSPS) is 15.4. The molecule has 0 bridgehead atoms. The first-order valence-corrected chi connectivity index (χ1v) is 9.86. The third-order valence-corrected chi connectivity index (χ3v) is 4.90. The van der Waals surface area contributed by atoms with Crippen molar-refractivity contribution in [1.29, 1.82) is 0 Å². The third-order valence-electron chi connectivity index (χ3n) is 4.61. The Morgan fingerprint density at radius 2 is 1.70 bits per heavy atom. The highest BCUT2D eigenvalue weighted by molar-refractivity contribution is 7.80. The highest BCUT2D eigenvalue weighted by Gasteiger charge is 2.34. The number of carbonyl (C=O) groups excluding carboxylic acids is 2. The minimum Gasteiger partial charge on any atom is -0.494 e. The molecule has 1 aliphatic heterocycles. The van der Waals surface area contributed by atoms with Crippen LogP contribution in [0.2, 0.25) is 0 Å². The number of benzene rings is 2. The van der Waals surface area contributed by atoms with Gasteiger partial charge in [-0.15, -0.1) is 0 Å². The third kappa shape index (κ3) is 3.75. The summed E-state index contributed by atoms with van der Waals surface area (Å²) in [6.45, 7) is 2.44. The van der Waals surface area contributed by atoms with Gasteiger partial charge in [-0.3, -0.25) is 19.8 Å².